The molecule has 0 radical (unpaired) electrons. The van der Waals surface area contributed by atoms with E-state index in [1.54, 1.807) is 16.7 Å². The summed E-state index contributed by atoms with van der Waals surface area (Å²) in [6, 6.07) is 0. The summed E-state index contributed by atoms with van der Waals surface area (Å²) in [5, 5.41) is 0. The van der Waals surface area contributed by atoms with Gasteiger partial charge in [0.15, 0.2) is 0 Å². The monoisotopic (exact) mass is 481 g/mol. The van der Waals surface area contributed by atoms with Gasteiger partial charge in [-0.1, -0.05) is 85.1 Å². The summed E-state index contributed by atoms with van der Waals surface area (Å²) in [4.78, 5) is 0. The second-order valence-corrected chi connectivity index (χ2v) is 11.8. The van der Waals surface area contributed by atoms with Gasteiger partial charge >= 0.3 is 37.9 Å². The number of allylic oxidation sites excluding steroid dienone is 4. The molecule has 156 valence electrons. The summed E-state index contributed by atoms with van der Waals surface area (Å²) in [7, 11) is 9.87. The zero-order valence-electron chi connectivity index (χ0n) is 19.7. The van der Waals surface area contributed by atoms with E-state index in [0.29, 0.717) is 5.41 Å². The van der Waals surface area contributed by atoms with Crippen molar-refractivity contribution in [2.24, 2.45) is 35.0 Å². The minimum absolute atomic E-state index is 0. The van der Waals surface area contributed by atoms with E-state index in [1.165, 1.54) is 0 Å². The second-order valence-electron chi connectivity index (χ2n) is 8.12. The molecule has 2 aliphatic rings. The topological polar surface area (TPSA) is 0 Å². The molecule has 0 fully saturated rings. The van der Waals surface area contributed by atoms with Crippen LogP contribution in [0, 0.1) is 42.4 Å². The summed E-state index contributed by atoms with van der Waals surface area (Å²) in [5.41, 5.74) is 5.31. The van der Waals surface area contributed by atoms with E-state index >= 15 is 0 Å². The molecule has 0 N–H and O–H groups in total. The van der Waals surface area contributed by atoms with E-state index < -0.39 is 20.8 Å². The molecule has 3 heteroatoms. The first kappa shape index (κ1) is 31.6. The van der Waals surface area contributed by atoms with Crippen LogP contribution >= 0.6 is 17.0 Å². The fraction of sp³-hybridized carbons (Fsp3) is 0.783. The van der Waals surface area contributed by atoms with Crippen LogP contribution in [0.5, 0.6) is 0 Å². The zero-order valence-corrected chi connectivity index (χ0v) is 23.7. The van der Waals surface area contributed by atoms with Crippen molar-refractivity contribution in [2.75, 3.05) is 0 Å². The molecule has 1 unspecified atom stereocenters. The quantitative estimate of drug-likeness (QED) is 0.238. The van der Waals surface area contributed by atoms with Crippen molar-refractivity contribution in [1.82, 2.24) is 0 Å². The molecule has 0 nitrogen and oxygen atoms in total. The number of rotatable bonds is 0. The van der Waals surface area contributed by atoms with Crippen LogP contribution in [-0.2, 0) is 20.8 Å². The van der Waals surface area contributed by atoms with Gasteiger partial charge in [-0.3, -0.25) is 0 Å². The molecule has 2 rings (SSSR count). The molecule has 2 aliphatic carbocycles. The molecule has 5 atom stereocenters. The Morgan fingerprint density at radius 1 is 0.846 bits per heavy atom. The molecular formula is C23H45Cl2Zr-. The third-order valence-corrected chi connectivity index (χ3v) is 7.05. The standard InChI is InChI=1S/2C10H18.C2H6.CH3.2ClH.Zr/c1-7-6-8(2)10(4,5)9(7)3;1-6-7(2)9(4)10(5)8(6)3;1-2;;;;/h6,8-9H,1-5H3;6-8H,1-5H3;1-2H3;1H3;2*1H;/q;;;-1;;;+2/p-2/t8-,9+;6?,7-,8+;;;;;/m1....../s1. The summed E-state index contributed by atoms with van der Waals surface area (Å²) >= 11 is -0.826. The second kappa shape index (κ2) is 14.9. The van der Waals surface area contributed by atoms with Crippen LogP contribution in [0.15, 0.2) is 22.8 Å². The molecular weight excluding hydrogens is 438 g/mol. The molecule has 0 saturated carbocycles. The molecule has 0 aromatic heterocycles. The molecule has 0 spiro atoms. The Hall–Kier alpha value is 0.943. The molecule has 0 aromatic rings. The summed E-state index contributed by atoms with van der Waals surface area (Å²) in [6.07, 6.45) is 2.41. The zero-order chi connectivity index (χ0) is 20.5. The van der Waals surface area contributed by atoms with Crippen LogP contribution in [-0.4, -0.2) is 0 Å². The van der Waals surface area contributed by atoms with Crippen LogP contribution in [0.1, 0.15) is 83.1 Å². The van der Waals surface area contributed by atoms with Gasteiger partial charge in [-0.15, -0.1) is 0 Å². The third-order valence-electron chi connectivity index (χ3n) is 7.05. The third kappa shape index (κ3) is 8.53. The van der Waals surface area contributed by atoms with Gasteiger partial charge in [-0.2, -0.15) is 0 Å². The predicted octanol–water partition coefficient (Wildman–Crippen LogP) is 9.34. The van der Waals surface area contributed by atoms with E-state index in [2.05, 4.69) is 75.3 Å². The first-order chi connectivity index (χ1) is 11.4. The Morgan fingerprint density at radius 2 is 1.15 bits per heavy atom. The van der Waals surface area contributed by atoms with Gasteiger partial charge in [0.2, 0.25) is 0 Å². The maximum absolute atomic E-state index is 4.93. The first-order valence-electron chi connectivity index (χ1n) is 9.75. The molecule has 0 saturated heterocycles. The number of halogens is 2. The summed E-state index contributed by atoms with van der Waals surface area (Å²) in [5.74, 6) is 4.01. The Balaban J connectivity index is -0.000000317. The molecule has 0 amide bonds. The Bertz CT molecular complexity index is 419. The van der Waals surface area contributed by atoms with Gasteiger partial charge in [0, 0.05) is 0 Å². The molecule has 0 aromatic carbocycles. The average Bonchev–Trinajstić information content (AvgIpc) is 2.85. The van der Waals surface area contributed by atoms with E-state index in [9.17, 15) is 0 Å². The van der Waals surface area contributed by atoms with Crippen LogP contribution in [0.3, 0.4) is 0 Å². The van der Waals surface area contributed by atoms with Crippen molar-refractivity contribution in [3.63, 3.8) is 0 Å². The molecule has 0 bridgehead atoms. The van der Waals surface area contributed by atoms with Crippen molar-refractivity contribution >= 4 is 17.0 Å². The van der Waals surface area contributed by atoms with Gasteiger partial charge in [0.1, 0.15) is 0 Å². The Kier molecular flexibility index (Phi) is 18.1. The van der Waals surface area contributed by atoms with Crippen molar-refractivity contribution in [1.29, 1.82) is 0 Å². The fourth-order valence-corrected chi connectivity index (χ4v) is 3.67. The van der Waals surface area contributed by atoms with Crippen LogP contribution in [0.2, 0.25) is 0 Å². The summed E-state index contributed by atoms with van der Waals surface area (Å²) in [6.45, 7) is 27.2. The minimum atomic E-state index is -0.826. The van der Waals surface area contributed by atoms with Gasteiger partial charge in [-0.05, 0) is 55.8 Å². The van der Waals surface area contributed by atoms with Crippen LogP contribution in [0.25, 0.3) is 0 Å². The van der Waals surface area contributed by atoms with Gasteiger partial charge in [0.05, 0.1) is 0 Å². The van der Waals surface area contributed by atoms with E-state index in [-0.39, 0.29) is 7.43 Å². The van der Waals surface area contributed by atoms with Crippen molar-refractivity contribution in [3.05, 3.63) is 30.2 Å². The van der Waals surface area contributed by atoms with E-state index in [1.807, 2.05) is 13.8 Å². The van der Waals surface area contributed by atoms with Crippen molar-refractivity contribution in [2.45, 2.75) is 83.1 Å². The summed E-state index contributed by atoms with van der Waals surface area (Å²) < 4.78 is 0. The van der Waals surface area contributed by atoms with Gasteiger partial charge in [-0.25, -0.2) is 0 Å². The van der Waals surface area contributed by atoms with Crippen molar-refractivity contribution < 1.29 is 20.8 Å². The fourth-order valence-electron chi connectivity index (χ4n) is 3.67. The van der Waals surface area contributed by atoms with E-state index in [4.69, 9.17) is 17.0 Å². The maximum atomic E-state index is 4.93. The molecule has 26 heavy (non-hydrogen) atoms. The molecule has 0 heterocycles. The Morgan fingerprint density at radius 3 is 1.23 bits per heavy atom. The van der Waals surface area contributed by atoms with Gasteiger partial charge in [0.25, 0.3) is 0 Å². The first-order valence-corrected chi connectivity index (χ1v) is 16.1. The number of hydrogen-bond acceptors (Lipinski definition) is 0. The van der Waals surface area contributed by atoms with Gasteiger partial charge < -0.3 is 7.43 Å². The van der Waals surface area contributed by atoms with E-state index in [0.717, 1.165) is 29.6 Å². The molecule has 0 aliphatic heterocycles. The van der Waals surface area contributed by atoms with Crippen LogP contribution in [0.4, 0.5) is 0 Å². The Labute approximate surface area is 185 Å². The average molecular weight is 484 g/mol. The van der Waals surface area contributed by atoms with Crippen LogP contribution < -0.4 is 0 Å². The SMILES string of the molecule is CC.CC1=C(C)[C@H](C)C(C)[C@@H]1C.CC1=C[C@@H](C)C(C)(C)[C@H]1C.[CH3-].[Cl][Zr][Cl]. The number of hydrogen-bond donors (Lipinski definition) is 0. The normalized spacial score (nSPS) is 31.2. The predicted molar refractivity (Wildman–Crippen MR) is 121 cm³/mol. The van der Waals surface area contributed by atoms with Crippen molar-refractivity contribution in [3.8, 4) is 0 Å².